The van der Waals surface area contributed by atoms with E-state index in [0.717, 1.165) is 0 Å². The van der Waals surface area contributed by atoms with Crippen molar-refractivity contribution < 1.29 is 0 Å². The molecule has 0 amide bonds. The molecule has 0 radical (unpaired) electrons. The average molecular weight is 222 g/mol. The van der Waals surface area contributed by atoms with E-state index in [0.29, 0.717) is 5.92 Å². The fourth-order valence-electron chi connectivity index (χ4n) is 1.96. The quantitative estimate of drug-likeness (QED) is 0.302. The topological polar surface area (TPSA) is 0 Å². The van der Waals surface area contributed by atoms with Crippen LogP contribution < -0.4 is 0 Å². The van der Waals surface area contributed by atoms with E-state index in [4.69, 9.17) is 0 Å². The standard InChI is InChI=1S/C16H30/c1-4-7-8-9-10-11-12-13-15-16(6-3)14-5-2/h6,12-13,16H,3-5,7-11,14-15H2,1-2H3/b13-12+. The molecule has 0 bridgehead atoms. The zero-order valence-corrected chi connectivity index (χ0v) is 11.4. The minimum atomic E-state index is 0.696. The Morgan fingerprint density at radius 3 is 2.31 bits per heavy atom. The second kappa shape index (κ2) is 12.5. The summed E-state index contributed by atoms with van der Waals surface area (Å²) in [6.07, 6.45) is 18.7. The largest absolute Gasteiger partial charge is 0.103 e. The lowest BCUT2D eigenvalue weighted by Gasteiger charge is -2.06. The molecular formula is C16H30. The normalized spacial score (nSPS) is 13.1. The van der Waals surface area contributed by atoms with Gasteiger partial charge in [-0.25, -0.2) is 0 Å². The summed E-state index contributed by atoms with van der Waals surface area (Å²) in [5.41, 5.74) is 0. The van der Waals surface area contributed by atoms with Gasteiger partial charge in [0.2, 0.25) is 0 Å². The van der Waals surface area contributed by atoms with Crippen LogP contribution in [0.4, 0.5) is 0 Å². The van der Waals surface area contributed by atoms with Gasteiger partial charge in [0.05, 0.1) is 0 Å². The van der Waals surface area contributed by atoms with Crippen LogP contribution >= 0.6 is 0 Å². The molecule has 0 aromatic rings. The minimum Gasteiger partial charge on any atom is -0.103 e. The Morgan fingerprint density at radius 1 is 0.938 bits per heavy atom. The zero-order chi connectivity index (χ0) is 12.1. The fourth-order valence-corrected chi connectivity index (χ4v) is 1.96. The van der Waals surface area contributed by atoms with E-state index in [1.807, 2.05) is 0 Å². The molecule has 16 heavy (non-hydrogen) atoms. The summed E-state index contributed by atoms with van der Waals surface area (Å²) in [5, 5.41) is 0. The molecule has 0 heterocycles. The van der Waals surface area contributed by atoms with E-state index in [9.17, 15) is 0 Å². The van der Waals surface area contributed by atoms with E-state index in [1.54, 1.807) is 0 Å². The van der Waals surface area contributed by atoms with Crippen molar-refractivity contribution >= 4 is 0 Å². The van der Waals surface area contributed by atoms with Gasteiger partial charge in [0, 0.05) is 0 Å². The summed E-state index contributed by atoms with van der Waals surface area (Å²) in [7, 11) is 0. The first kappa shape index (κ1) is 15.5. The van der Waals surface area contributed by atoms with Gasteiger partial charge >= 0.3 is 0 Å². The number of rotatable bonds is 11. The maximum atomic E-state index is 3.89. The van der Waals surface area contributed by atoms with Crippen molar-refractivity contribution in [2.75, 3.05) is 0 Å². The van der Waals surface area contributed by atoms with Gasteiger partial charge in [-0.3, -0.25) is 0 Å². The second-order valence-corrected chi connectivity index (χ2v) is 4.69. The molecular weight excluding hydrogens is 192 g/mol. The van der Waals surface area contributed by atoms with Crippen molar-refractivity contribution in [2.24, 2.45) is 5.92 Å². The summed E-state index contributed by atoms with van der Waals surface area (Å²) in [6.45, 7) is 8.41. The van der Waals surface area contributed by atoms with Gasteiger partial charge in [0.25, 0.3) is 0 Å². The highest BCUT2D eigenvalue weighted by atomic mass is 14.0. The van der Waals surface area contributed by atoms with Gasteiger partial charge in [-0.15, -0.1) is 6.58 Å². The molecule has 0 aliphatic carbocycles. The highest BCUT2D eigenvalue weighted by Gasteiger charge is 1.98. The van der Waals surface area contributed by atoms with Gasteiger partial charge in [-0.2, -0.15) is 0 Å². The van der Waals surface area contributed by atoms with Gasteiger partial charge < -0.3 is 0 Å². The number of hydrogen-bond donors (Lipinski definition) is 0. The van der Waals surface area contributed by atoms with E-state index < -0.39 is 0 Å². The maximum Gasteiger partial charge on any atom is -0.0202 e. The molecule has 0 spiro atoms. The molecule has 0 aromatic heterocycles. The van der Waals surface area contributed by atoms with Crippen LogP contribution in [0, 0.1) is 5.92 Å². The van der Waals surface area contributed by atoms with Crippen molar-refractivity contribution in [1.29, 1.82) is 0 Å². The third-order valence-corrected chi connectivity index (χ3v) is 3.07. The zero-order valence-electron chi connectivity index (χ0n) is 11.4. The van der Waals surface area contributed by atoms with E-state index in [-0.39, 0.29) is 0 Å². The van der Waals surface area contributed by atoms with Crippen LogP contribution in [-0.4, -0.2) is 0 Å². The molecule has 0 fully saturated rings. The SMILES string of the molecule is C=CC(C/C=C/CCCCCCC)CCC. The smallest absolute Gasteiger partial charge is 0.0202 e. The van der Waals surface area contributed by atoms with E-state index in [1.165, 1.54) is 57.8 Å². The minimum absolute atomic E-state index is 0.696. The Labute approximate surface area is 103 Å². The van der Waals surface area contributed by atoms with Crippen molar-refractivity contribution in [3.63, 3.8) is 0 Å². The molecule has 0 aliphatic rings. The predicted octanol–water partition coefficient (Wildman–Crippen LogP) is 5.90. The average Bonchev–Trinajstić information content (AvgIpc) is 2.31. The Morgan fingerprint density at radius 2 is 1.69 bits per heavy atom. The summed E-state index contributed by atoms with van der Waals surface area (Å²) < 4.78 is 0. The van der Waals surface area contributed by atoms with Crippen molar-refractivity contribution in [3.05, 3.63) is 24.8 Å². The Balaban J connectivity index is 3.35. The lowest BCUT2D eigenvalue weighted by atomic mass is 9.99. The van der Waals surface area contributed by atoms with Gasteiger partial charge in [-0.05, 0) is 31.6 Å². The third-order valence-electron chi connectivity index (χ3n) is 3.07. The highest BCUT2D eigenvalue weighted by molar-refractivity contribution is 4.89. The summed E-state index contributed by atoms with van der Waals surface area (Å²) >= 11 is 0. The number of allylic oxidation sites excluding steroid dienone is 3. The molecule has 0 saturated carbocycles. The number of hydrogen-bond acceptors (Lipinski definition) is 0. The molecule has 1 atom stereocenters. The van der Waals surface area contributed by atoms with Crippen LogP contribution in [0.2, 0.25) is 0 Å². The first-order valence-corrected chi connectivity index (χ1v) is 7.12. The van der Waals surface area contributed by atoms with Crippen molar-refractivity contribution in [2.45, 2.75) is 71.6 Å². The third kappa shape index (κ3) is 10.0. The van der Waals surface area contributed by atoms with Gasteiger partial charge in [0.1, 0.15) is 0 Å². The molecule has 0 heteroatoms. The lowest BCUT2D eigenvalue weighted by Crippen LogP contribution is -1.92. The van der Waals surface area contributed by atoms with Crippen molar-refractivity contribution in [3.8, 4) is 0 Å². The first-order valence-electron chi connectivity index (χ1n) is 7.12. The monoisotopic (exact) mass is 222 g/mol. The summed E-state index contributed by atoms with van der Waals surface area (Å²) in [6, 6.07) is 0. The van der Waals surface area contributed by atoms with Crippen LogP contribution in [0.25, 0.3) is 0 Å². The van der Waals surface area contributed by atoms with E-state index >= 15 is 0 Å². The van der Waals surface area contributed by atoms with Crippen LogP contribution in [0.3, 0.4) is 0 Å². The van der Waals surface area contributed by atoms with Gasteiger partial charge in [-0.1, -0.05) is 64.2 Å². The molecule has 0 nitrogen and oxygen atoms in total. The van der Waals surface area contributed by atoms with E-state index in [2.05, 4.69) is 38.7 Å². The van der Waals surface area contributed by atoms with Crippen LogP contribution in [-0.2, 0) is 0 Å². The molecule has 0 aromatic carbocycles. The van der Waals surface area contributed by atoms with Gasteiger partial charge in [0.15, 0.2) is 0 Å². The predicted molar refractivity (Wildman–Crippen MR) is 75.7 cm³/mol. The highest BCUT2D eigenvalue weighted by Crippen LogP contribution is 2.13. The van der Waals surface area contributed by atoms with Crippen LogP contribution in [0.1, 0.15) is 71.6 Å². The Bertz CT molecular complexity index is 167. The van der Waals surface area contributed by atoms with Crippen molar-refractivity contribution in [1.82, 2.24) is 0 Å². The number of unbranched alkanes of at least 4 members (excludes halogenated alkanes) is 5. The fraction of sp³-hybridized carbons (Fsp3) is 0.750. The Kier molecular flexibility index (Phi) is 12.1. The Hall–Kier alpha value is -0.520. The molecule has 94 valence electrons. The second-order valence-electron chi connectivity index (χ2n) is 4.69. The lowest BCUT2D eigenvalue weighted by molar-refractivity contribution is 0.587. The first-order chi connectivity index (χ1) is 7.85. The van der Waals surface area contributed by atoms with Crippen LogP contribution in [0.15, 0.2) is 24.8 Å². The maximum absolute atomic E-state index is 3.89. The molecule has 1 unspecified atom stereocenters. The van der Waals surface area contributed by atoms with Crippen LogP contribution in [0.5, 0.6) is 0 Å². The molecule has 0 aliphatic heterocycles. The molecule has 0 N–H and O–H groups in total. The summed E-state index contributed by atoms with van der Waals surface area (Å²) in [5.74, 6) is 0.696. The molecule has 0 rings (SSSR count). The summed E-state index contributed by atoms with van der Waals surface area (Å²) in [4.78, 5) is 0. The molecule has 0 saturated heterocycles.